The first-order valence-electron chi connectivity index (χ1n) is 7.05. The Morgan fingerprint density at radius 1 is 1.24 bits per heavy atom. The summed E-state index contributed by atoms with van der Waals surface area (Å²) in [5, 5.41) is 3.65. The average Bonchev–Trinajstić information content (AvgIpc) is 2.47. The summed E-state index contributed by atoms with van der Waals surface area (Å²) < 4.78 is 5.30. The van der Waals surface area contributed by atoms with Gasteiger partial charge in [-0.3, -0.25) is 9.69 Å². The lowest BCUT2D eigenvalue weighted by molar-refractivity contribution is -0.120. The van der Waals surface area contributed by atoms with Crippen molar-refractivity contribution in [2.45, 2.75) is 12.8 Å². The van der Waals surface area contributed by atoms with Gasteiger partial charge in [-0.15, -0.1) is 12.4 Å². The summed E-state index contributed by atoms with van der Waals surface area (Å²) in [6, 6.07) is 7.39. The molecule has 4 nitrogen and oxygen atoms in total. The Labute approximate surface area is 137 Å². The molecule has 0 saturated carbocycles. The van der Waals surface area contributed by atoms with E-state index >= 15 is 0 Å². The van der Waals surface area contributed by atoms with Crippen molar-refractivity contribution in [3.8, 4) is 0 Å². The number of benzene rings is 1. The molecule has 1 N–H and O–H groups in total. The van der Waals surface area contributed by atoms with Crippen LogP contribution in [0.5, 0.6) is 0 Å². The molecule has 1 aromatic carbocycles. The van der Waals surface area contributed by atoms with E-state index < -0.39 is 0 Å². The maximum Gasteiger partial charge on any atom is 0.224 e. The molecule has 0 unspecified atom stereocenters. The lowest BCUT2D eigenvalue weighted by atomic mass is 10.1. The monoisotopic (exact) mass is 332 g/mol. The van der Waals surface area contributed by atoms with E-state index in [2.05, 4.69) is 10.2 Å². The quantitative estimate of drug-likeness (QED) is 0.811. The van der Waals surface area contributed by atoms with Crippen molar-refractivity contribution in [1.29, 1.82) is 0 Å². The Morgan fingerprint density at radius 2 is 1.90 bits per heavy atom. The van der Waals surface area contributed by atoms with Gasteiger partial charge in [0, 0.05) is 24.7 Å². The number of ether oxygens (including phenoxy) is 1. The molecule has 1 saturated heterocycles. The normalized spacial score (nSPS) is 15.3. The van der Waals surface area contributed by atoms with Crippen molar-refractivity contribution < 1.29 is 9.53 Å². The summed E-state index contributed by atoms with van der Waals surface area (Å²) in [6.07, 6.45) is 1.39. The molecule has 0 aliphatic carbocycles. The van der Waals surface area contributed by atoms with Gasteiger partial charge in [-0.1, -0.05) is 23.7 Å². The number of rotatable bonds is 6. The van der Waals surface area contributed by atoms with Crippen LogP contribution in [0.2, 0.25) is 5.02 Å². The standard InChI is InChI=1S/C15H21ClN2O2.ClH/c16-14-4-2-13(3-5-14)12-15(19)17-6-1-7-18-8-10-20-11-9-18;/h2-5H,1,6-12H2,(H,17,19);1H. The van der Waals surface area contributed by atoms with Gasteiger partial charge in [0.05, 0.1) is 19.6 Å². The zero-order valence-electron chi connectivity index (χ0n) is 12.0. The lowest BCUT2D eigenvalue weighted by Crippen LogP contribution is -2.38. The molecule has 1 amide bonds. The molecule has 1 aliphatic heterocycles. The number of halogens is 2. The van der Waals surface area contributed by atoms with Gasteiger partial charge >= 0.3 is 0 Å². The van der Waals surface area contributed by atoms with Crippen molar-refractivity contribution >= 4 is 29.9 Å². The largest absolute Gasteiger partial charge is 0.379 e. The SMILES string of the molecule is Cl.O=C(Cc1ccc(Cl)cc1)NCCCN1CCOCC1. The van der Waals surface area contributed by atoms with E-state index in [0.717, 1.165) is 51.4 Å². The smallest absolute Gasteiger partial charge is 0.224 e. The van der Waals surface area contributed by atoms with Crippen LogP contribution in [0.3, 0.4) is 0 Å². The molecular weight excluding hydrogens is 311 g/mol. The summed E-state index contributed by atoms with van der Waals surface area (Å²) in [4.78, 5) is 14.1. The fourth-order valence-electron chi connectivity index (χ4n) is 2.21. The van der Waals surface area contributed by atoms with Crippen LogP contribution in [-0.4, -0.2) is 50.2 Å². The number of hydrogen-bond donors (Lipinski definition) is 1. The van der Waals surface area contributed by atoms with Crippen LogP contribution in [0.4, 0.5) is 0 Å². The summed E-state index contributed by atoms with van der Waals surface area (Å²) in [5.41, 5.74) is 0.986. The topological polar surface area (TPSA) is 41.6 Å². The first-order valence-corrected chi connectivity index (χ1v) is 7.43. The van der Waals surface area contributed by atoms with Crippen molar-refractivity contribution in [3.05, 3.63) is 34.9 Å². The van der Waals surface area contributed by atoms with Crippen LogP contribution in [0.25, 0.3) is 0 Å². The maximum atomic E-state index is 11.8. The van der Waals surface area contributed by atoms with Crippen LogP contribution in [-0.2, 0) is 16.0 Å². The van der Waals surface area contributed by atoms with Crippen LogP contribution >= 0.6 is 24.0 Å². The molecule has 0 atom stereocenters. The third kappa shape index (κ3) is 7.14. The van der Waals surface area contributed by atoms with E-state index in [1.165, 1.54) is 0 Å². The van der Waals surface area contributed by atoms with E-state index in [4.69, 9.17) is 16.3 Å². The van der Waals surface area contributed by atoms with Crippen molar-refractivity contribution in [2.75, 3.05) is 39.4 Å². The van der Waals surface area contributed by atoms with Gasteiger partial charge in [0.2, 0.25) is 5.91 Å². The van der Waals surface area contributed by atoms with Crippen molar-refractivity contribution in [3.63, 3.8) is 0 Å². The van der Waals surface area contributed by atoms with Gasteiger partial charge in [-0.25, -0.2) is 0 Å². The minimum absolute atomic E-state index is 0. The molecule has 6 heteroatoms. The van der Waals surface area contributed by atoms with Gasteiger partial charge in [-0.2, -0.15) is 0 Å². The van der Waals surface area contributed by atoms with Crippen molar-refractivity contribution in [1.82, 2.24) is 10.2 Å². The molecule has 2 rings (SSSR count). The molecule has 21 heavy (non-hydrogen) atoms. The Kier molecular flexibility index (Phi) is 8.69. The Balaban J connectivity index is 0.00000220. The minimum atomic E-state index is 0. The van der Waals surface area contributed by atoms with E-state index in [-0.39, 0.29) is 18.3 Å². The number of amides is 1. The van der Waals surface area contributed by atoms with Gasteiger partial charge in [0.1, 0.15) is 0 Å². The lowest BCUT2D eigenvalue weighted by Gasteiger charge is -2.26. The highest BCUT2D eigenvalue weighted by Crippen LogP contribution is 2.09. The molecule has 0 bridgehead atoms. The van der Waals surface area contributed by atoms with Gasteiger partial charge < -0.3 is 10.1 Å². The number of carbonyl (C=O) groups excluding carboxylic acids is 1. The summed E-state index contributed by atoms with van der Waals surface area (Å²) >= 11 is 5.81. The molecule has 1 aliphatic rings. The highest BCUT2D eigenvalue weighted by Gasteiger charge is 2.09. The van der Waals surface area contributed by atoms with Gasteiger partial charge in [-0.05, 0) is 30.7 Å². The number of carbonyl (C=O) groups is 1. The second-order valence-electron chi connectivity index (χ2n) is 4.96. The van der Waals surface area contributed by atoms with E-state index in [9.17, 15) is 4.79 Å². The van der Waals surface area contributed by atoms with Crippen molar-refractivity contribution in [2.24, 2.45) is 0 Å². The second kappa shape index (κ2) is 10.0. The summed E-state index contributed by atoms with van der Waals surface area (Å²) in [7, 11) is 0. The van der Waals surface area contributed by atoms with Crippen LogP contribution in [0.1, 0.15) is 12.0 Å². The molecule has 118 valence electrons. The number of nitrogens with zero attached hydrogens (tertiary/aromatic N) is 1. The molecule has 0 spiro atoms. The summed E-state index contributed by atoms with van der Waals surface area (Å²) in [5.74, 6) is 0.0642. The Hall–Kier alpha value is -0.810. The average molecular weight is 333 g/mol. The Bertz CT molecular complexity index is 420. The van der Waals surface area contributed by atoms with Gasteiger partial charge in [0.25, 0.3) is 0 Å². The molecule has 1 heterocycles. The number of morpholine rings is 1. The maximum absolute atomic E-state index is 11.8. The second-order valence-corrected chi connectivity index (χ2v) is 5.40. The Morgan fingerprint density at radius 3 is 2.57 bits per heavy atom. The molecule has 0 aromatic heterocycles. The van der Waals surface area contributed by atoms with Gasteiger partial charge in [0.15, 0.2) is 0 Å². The predicted molar refractivity (Wildman–Crippen MR) is 87.3 cm³/mol. The number of nitrogens with one attached hydrogen (secondary N) is 1. The fourth-order valence-corrected chi connectivity index (χ4v) is 2.33. The zero-order valence-corrected chi connectivity index (χ0v) is 13.6. The first kappa shape index (κ1) is 18.2. The third-order valence-corrected chi connectivity index (χ3v) is 3.61. The third-order valence-electron chi connectivity index (χ3n) is 3.35. The zero-order chi connectivity index (χ0) is 14.2. The van der Waals surface area contributed by atoms with Crippen LogP contribution in [0, 0.1) is 0 Å². The molecule has 1 aromatic rings. The predicted octanol–water partition coefficient (Wildman–Crippen LogP) is 2.14. The highest BCUT2D eigenvalue weighted by molar-refractivity contribution is 6.30. The molecule has 1 fully saturated rings. The number of hydrogen-bond acceptors (Lipinski definition) is 3. The van der Waals surface area contributed by atoms with E-state index in [1.807, 2.05) is 24.3 Å². The van der Waals surface area contributed by atoms with Crippen LogP contribution < -0.4 is 5.32 Å². The molecule has 0 radical (unpaired) electrons. The van der Waals surface area contributed by atoms with Crippen LogP contribution in [0.15, 0.2) is 24.3 Å². The highest BCUT2D eigenvalue weighted by atomic mass is 35.5. The fraction of sp³-hybridized carbons (Fsp3) is 0.533. The van der Waals surface area contributed by atoms with E-state index in [0.29, 0.717) is 11.4 Å². The summed E-state index contributed by atoms with van der Waals surface area (Å²) in [6.45, 7) is 5.39. The molecular formula is C15H22Cl2N2O2. The minimum Gasteiger partial charge on any atom is -0.379 e. The van der Waals surface area contributed by atoms with E-state index in [1.54, 1.807) is 0 Å². The first-order chi connectivity index (χ1) is 9.74.